The van der Waals surface area contributed by atoms with Crippen LogP contribution < -0.4 is 14.2 Å². The van der Waals surface area contributed by atoms with Crippen LogP contribution in [0.4, 0.5) is 0 Å². The van der Waals surface area contributed by atoms with Gasteiger partial charge in [-0.15, -0.1) is 0 Å². The molecule has 0 radical (unpaired) electrons. The van der Waals surface area contributed by atoms with Crippen LogP contribution in [0.3, 0.4) is 0 Å². The van der Waals surface area contributed by atoms with Gasteiger partial charge >= 0.3 is 5.97 Å². The maximum atomic E-state index is 12.9. The van der Waals surface area contributed by atoms with Crippen LogP contribution in [0.25, 0.3) is 12.2 Å². The zero-order valence-corrected chi connectivity index (χ0v) is 24.5. The van der Waals surface area contributed by atoms with Crippen molar-refractivity contribution in [2.45, 2.75) is 40.0 Å². The van der Waals surface area contributed by atoms with E-state index in [1.54, 1.807) is 37.5 Å². The summed E-state index contributed by atoms with van der Waals surface area (Å²) in [6, 6.07) is 18.7. The topological polar surface area (TPSA) is 82.1 Å². The third-order valence-electron chi connectivity index (χ3n) is 6.48. The Kier molecular flexibility index (Phi) is 11.1. The Balaban J connectivity index is 1.63. The fraction of sp³-hybridized carbons (Fsp3) is 0.257. The number of carbonyl (C=O) groups is 2. The Hall–Kier alpha value is -4.58. The molecular formula is C35H38O6. The van der Waals surface area contributed by atoms with E-state index in [2.05, 4.69) is 26.0 Å². The molecule has 6 heteroatoms. The minimum absolute atomic E-state index is 0.178. The van der Waals surface area contributed by atoms with Gasteiger partial charge in [0.2, 0.25) is 0 Å². The van der Waals surface area contributed by atoms with Crippen molar-refractivity contribution in [1.29, 1.82) is 0 Å². The normalized spacial score (nSPS) is 12.6. The number of ether oxygens (including phenoxy) is 3. The molecule has 0 bridgehead atoms. The third kappa shape index (κ3) is 9.24. The first-order chi connectivity index (χ1) is 19.6. The van der Waals surface area contributed by atoms with Crippen molar-refractivity contribution in [3.05, 3.63) is 112 Å². The summed E-state index contributed by atoms with van der Waals surface area (Å²) in [4.78, 5) is 25.2. The lowest BCUT2D eigenvalue weighted by atomic mass is 9.97. The van der Waals surface area contributed by atoms with Gasteiger partial charge in [-0.25, -0.2) is 0 Å². The standard InChI is InChI=1S/C35H38O6/c1-23(2)19-26-9-14-29(15-10-26)25(4)35(38)41-32-18-13-28(21-34(32)40-6)12-17-31(37)22-30(36)16-11-27-8-7-24(3)33(20-27)39-5/h7-18,20-23,25,36H,19H2,1-6H3/b16-11+,17-12+,30-22-/t25-/m1/s1. The highest BCUT2D eigenvalue weighted by molar-refractivity contribution is 6.02. The van der Waals surface area contributed by atoms with Crippen LogP contribution in [0.2, 0.25) is 0 Å². The van der Waals surface area contributed by atoms with Crippen LogP contribution >= 0.6 is 0 Å². The van der Waals surface area contributed by atoms with Crippen molar-refractivity contribution in [3.63, 3.8) is 0 Å². The second-order valence-corrected chi connectivity index (χ2v) is 10.3. The van der Waals surface area contributed by atoms with Crippen LogP contribution in [-0.4, -0.2) is 31.1 Å². The fourth-order valence-corrected chi connectivity index (χ4v) is 4.16. The molecule has 0 heterocycles. The monoisotopic (exact) mass is 554 g/mol. The number of benzene rings is 3. The van der Waals surface area contributed by atoms with E-state index in [-0.39, 0.29) is 5.76 Å². The predicted octanol–water partition coefficient (Wildman–Crippen LogP) is 7.66. The van der Waals surface area contributed by atoms with Gasteiger partial charge in [0.05, 0.1) is 20.1 Å². The maximum absolute atomic E-state index is 12.9. The molecule has 1 atom stereocenters. The van der Waals surface area contributed by atoms with Crippen molar-refractivity contribution < 1.29 is 28.9 Å². The number of methoxy groups -OCH3 is 2. The van der Waals surface area contributed by atoms with E-state index in [1.807, 2.05) is 44.2 Å². The van der Waals surface area contributed by atoms with E-state index in [0.29, 0.717) is 23.0 Å². The Morgan fingerprint density at radius 2 is 1.41 bits per heavy atom. The number of hydrogen-bond acceptors (Lipinski definition) is 6. The van der Waals surface area contributed by atoms with Gasteiger partial charge in [-0.3, -0.25) is 9.59 Å². The minimum Gasteiger partial charge on any atom is -0.508 e. The maximum Gasteiger partial charge on any atom is 0.318 e. The van der Waals surface area contributed by atoms with Gasteiger partial charge in [0.15, 0.2) is 17.3 Å². The number of aryl methyl sites for hydroxylation is 1. The predicted molar refractivity (Wildman–Crippen MR) is 164 cm³/mol. The molecule has 214 valence electrons. The molecule has 0 unspecified atom stereocenters. The molecule has 3 aromatic rings. The molecule has 0 spiro atoms. The van der Waals surface area contributed by atoms with E-state index >= 15 is 0 Å². The summed E-state index contributed by atoms with van der Waals surface area (Å²) < 4.78 is 16.4. The number of aliphatic hydroxyl groups is 1. The first-order valence-corrected chi connectivity index (χ1v) is 13.5. The lowest BCUT2D eigenvalue weighted by Crippen LogP contribution is -2.16. The SMILES string of the molecule is COc1cc(/C=C/C(O)=C/C(=O)/C=C/c2ccc(OC(=O)[C@H](C)c3ccc(CC(C)C)cc3)c(OC)c2)ccc1C. The smallest absolute Gasteiger partial charge is 0.318 e. The summed E-state index contributed by atoms with van der Waals surface area (Å²) >= 11 is 0. The van der Waals surface area contributed by atoms with Gasteiger partial charge in [-0.05, 0) is 84.4 Å². The molecule has 0 saturated heterocycles. The highest BCUT2D eigenvalue weighted by atomic mass is 16.6. The number of hydrogen-bond donors (Lipinski definition) is 1. The number of esters is 1. The number of ketones is 1. The molecule has 0 aromatic heterocycles. The van der Waals surface area contributed by atoms with Gasteiger partial charge in [0, 0.05) is 6.08 Å². The van der Waals surface area contributed by atoms with Crippen LogP contribution in [0.1, 0.15) is 54.5 Å². The van der Waals surface area contributed by atoms with E-state index in [9.17, 15) is 14.7 Å². The molecule has 41 heavy (non-hydrogen) atoms. The third-order valence-corrected chi connectivity index (χ3v) is 6.48. The van der Waals surface area contributed by atoms with E-state index in [1.165, 1.54) is 24.8 Å². The van der Waals surface area contributed by atoms with Crippen LogP contribution in [0.15, 0.2) is 84.7 Å². The molecule has 1 N–H and O–H groups in total. The number of aliphatic hydroxyl groups excluding tert-OH is 1. The molecule has 3 rings (SSSR count). The zero-order valence-electron chi connectivity index (χ0n) is 24.5. The summed E-state index contributed by atoms with van der Waals surface area (Å²) in [6.07, 6.45) is 8.19. The van der Waals surface area contributed by atoms with E-state index < -0.39 is 17.7 Å². The lowest BCUT2D eigenvalue weighted by molar-refractivity contribution is -0.135. The second-order valence-electron chi connectivity index (χ2n) is 10.3. The molecule has 0 saturated carbocycles. The first-order valence-electron chi connectivity index (χ1n) is 13.5. The van der Waals surface area contributed by atoms with Crippen LogP contribution in [-0.2, 0) is 16.0 Å². The fourth-order valence-electron chi connectivity index (χ4n) is 4.16. The summed E-state index contributed by atoms with van der Waals surface area (Å²) in [7, 11) is 3.09. The average Bonchev–Trinajstić information content (AvgIpc) is 2.95. The Bertz CT molecular complexity index is 1440. The number of rotatable bonds is 12. The van der Waals surface area contributed by atoms with Crippen molar-refractivity contribution in [1.82, 2.24) is 0 Å². The molecule has 0 aliphatic heterocycles. The van der Waals surface area contributed by atoms with Crippen molar-refractivity contribution in [2.75, 3.05) is 14.2 Å². The molecular weight excluding hydrogens is 516 g/mol. The molecule has 0 aliphatic carbocycles. The zero-order chi connectivity index (χ0) is 29.9. The van der Waals surface area contributed by atoms with Crippen molar-refractivity contribution in [3.8, 4) is 17.2 Å². The quantitative estimate of drug-likeness (QED) is 0.0814. The summed E-state index contributed by atoms with van der Waals surface area (Å²) in [5.41, 5.74) is 4.61. The van der Waals surface area contributed by atoms with E-state index in [4.69, 9.17) is 14.2 Å². The Morgan fingerprint density at radius 3 is 2.05 bits per heavy atom. The summed E-state index contributed by atoms with van der Waals surface area (Å²) in [6.45, 7) is 8.10. The largest absolute Gasteiger partial charge is 0.508 e. The van der Waals surface area contributed by atoms with Crippen molar-refractivity contribution in [2.24, 2.45) is 5.92 Å². The van der Waals surface area contributed by atoms with Crippen LogP contribution in [0.5, 0.6) is 17.2 Å². The average molecular weight is 555 g/mol. The van der Waals surface area contributed by atoms with E-state index in [0.717, 1.165) is 34.9 Å². The highest BCUT2D eigenvalue weighted by Crippen LogP contribution is 2.30. The lowest BCUT2D eigenvalue weighted by Gasteiger charge is -2.15. The Morgan fingerprint density at radius 1 is 0.805 bits per heavy atom. The van der Waals surface area contributed by atoms with Gasteiger partial charge < -0.3 is 19.3 Å². The van der Waals surface area contributed by atoms with Gasteiger partial charge in [0.1, 0.15) is 11.5 Å². The molecule has 0 amide bonds. The van der Waals surface area contributed by atoms with Gasteiger partial charge in [0.25, 0.3) is 0 Å². The molecule has 3 aromatic carbocycles. The number of carbonyl (C=O) groups excluding carboxylic acids is 2. The second kappa shape index (κ2) is 14.7. The first kappa shape index (κ1) is 31.0. The number of allylic oxidation sites excluding steroid dienone is 3. The molecule has 0 fully saturated rings. The summed E-state index contributed by atoms with van der Waals surface area (Å²) in [5.74, 6) is 0.545. The Labute approximate surface area is 242 Å². The van der Waals surface area contributed by atoms with Crippen LogP contribution in [0, 0.1) is 12.8 Å². The molecule has 6 nitrogen and oxygen atoms in total. The molecule has 0 aliphatic rings. The minimum atomic E-state index is -0.452. The highest BCUT2D eigenvalue weighted by Gasteiger charge is 2.19. The van der Waals surface area contributed by atoms with Gasteiger partial charge in [-0.2, -0.15) is 0 Å². The van der Waals surface area contributed by atoms with Gasteiger partial charge in [-0.1, -0.05) is 68.5 Å². The summed E-state index contributed by atoms with van der Waals surface area (Å²) in [5, 5.41) is 10.2. The van der Waals surface area contributed by atoms with Crippen molar-refractivity contribution >= 4 is 23.9 Å².